The Bertz CT molecular complexity index is 570. The molecule has 104 valence electrons. The molecule has 0 spiro atoms. The van der Waals surface area contributed by atoms with Crippen molar-refractivity contribution in [3.63, 3.8) is 0 Å². The SMILES string of the molecule is CN1CCN(c2cccnc2N)C(c2ccccc2)C1. The van der Waals surface area contributed by atoms with Crippen LogP contribution in [0.15, 0.2) is 48.7 Å². The molecule has 20 heavy (non-hydrogen) atoms. The fourth-order valence-electron chi connectivity index (χ4n) is 2.82. The molecular weight excluding hydrogens is 248 g/mol. The average Bonchev–Trinajstić information content (AvgIpc) is 2.49. The van der Waals surface area contributed by atoms with E-state index >= 15 is 0 Å². The van der Waals surface area contributed by atoms with Crippen molar-refractivity contribution in [1.29, 1.82) is 0 Å². The predicted octanol–water partition coefficient (Wildman–Crippen LogP) is 2.16. The second kappa shape index (κ2) is 5.51. The van der Waals surface area contributed by atoms with E-state index in [4.69, 9.17) is 5.73 Å². The summed E-state index contributed by atoms with van der Waals surface area (Å²) in [6.45, 7) is 3.00. The Kier molecular flexibility index (Phi) is 3.56. The summed E-state index contributed by atoms with van der Waals surface area (Å²) < 4.78 is 0. The summed E-state index contributed by atoms with van der Waals surface area (Å²) in [6.07, 6.45) is 1.74. The monoisotopic (exact) mass is 268 g/mol. The lowest BCUT2D eigenvalue weighted by atomic mass is 10.0. The minimum absolute atomic E-state index is 0.321. The quantitative estimate of drug-likeness (QED) is 0.906. The number of benzene rings is 1. The Morgan fingerprint density at radius 2 is 1.90 bits per heavy atom. The van der Waals surface area contributed by atoms with Gasteiger partial charge in [0.25, 0.3) is 0 Å². The zero-order chi connectivity index (χ0) is 13.9. The Labute approximate surface area is 119 Å². The summed E-state index contributed by atoms with van der Waals surface area (Å²) in [4.78, 5) is 8.96. The standard InChI is InChI=1S/C16H20N4/c1-19-10-11-20(14-8-5-9-18-16(14)17)15(12-19)13-6-3-2-4-7-13/h2-9,15H,10-12H2,1H3,(H2,17,18). The summed E-state index contributed by atoms with van der Waals surface area (Å²) in [5.74, 6) is 0.609. The van der Waals surface area contributed by atoms with E-state index in [0.29, 0.717) is 11.9 Å². The lowest BCUT2D eigenvalue weighted by Gasteiger charge is -2.42. The molecule has 0 saturated carbocycles. The molecule has 2 heterocycles. The zero-order valence-electron chi connectivity index (χ0n) is 11.7. The molecule has 4 nitrogen and oxygen atoms in total. The van der Waals surface area contributed by atoms with Gasteiger partial charge in [0, 0.05) is 25.8 Å². The Hall–Kier alpha value is -2.07. The van der Waals surface area contributed by atoms with Gasteiger partial charge in [0.05, 0.1) is 11.7 Å². The largest absolute Gasteiger partial charge is 0.382 e. The maximum Gasteiger partial charge on any atom is 0.146 e. The highest BCUT2D eigenvalue weighted by molar-refractivity contribution is 5.64. The lowest BCUT2D eigenvalue weighted by Crippen LogP contribution is -2.47. The van der Waals surface area contributed by atoms with E-state index in [0.717, 1.165) is 25.3 Å². The Morgan fingerprint density at radius 1 is 1.10 bits per heavy atom. The number of likely N-dealkylation sites (N-methyl/N-ethyl adjacent to an activating group) is 1. The summed E-state index contributed by atoms with van der Waals surface area (Å²) >= 11 is 0. The van der Waals surface area contributed by atoms with Crippen LogP contribution in [-0.2, 0) is 0 Å². The lowest BCUT2D eigenvalue weighted by molar-refractivity contribution is 0.269. The van der Waals surface area contributed by atoms with Gasteiger partial charge in [-0.15, -0.1) is 0 Å². The molecule has 1 aliphatic heterocycles. The van der Waals surface area contributed by atoms with E-state index in [1.54, 1.807) is 6.20 Å². The molecule has 0 radical (unpaired) electrons. The minimum atomic E-state index is 0.321. The van der Waals surface area contributed by atoms with Crippen LogP contribution in [0.3, 0.4) is 0 Å². The van der Waals surface area contributed by atoms with Crippen molar-refractivity contribution < 1.29 is 0 Å². The highest BCUT2D eigenvalue weighted by Crippen LogP contribution is 2.32. The molecule has 1 fully saturated rings. The van der Waals surface area contributed by atoms with Crippen LogP contribution in [0.5, 0.6) is 0 Å². The first-order valence-electron chi connectivity index (χ1n) is 6.96. The second-order valence-corrected chi connectivity index (χ2v) is 5.29. The van der Waals surface area contributed by atoms with Crippen molar-refractivity contribution >= 4 is 11.5 Å². The summed E-state index contributed by atoms with van der Waals surface area (Å²) in [6, 6.07) is 14.9. The van der Waals surface area contributed by atoms with Gasteiger partial charge in [0.1, 0.15) is 5.82 Å². The van der Waals surface area contributed by atoms with Gasteiger partial charge >= 0.3 is 0 Å². The van der Waals surface area contributed by atoms with E-state index in [1.165, 1.54) is 5.56 Å². The van der Waals surface area contributed by atoms with E-state index in [2.05, 4.69) is 58.2 Å². The molecule has 3 rings (SSSR count). The number of piperazine rings is 1. The van der Waals surface area contributed by atoms with Crippen LogP contribution in [0.2, 0.25) is 0 Å². The zero-order valence-corrected chi connectivity index (χ0v) is 11.7. The molecular formula is C16H20N4. The first-order chi connectivity index (χ1) is 9.75. The maximum absolute atomic E-state index is 6.06. The topological polar surface area (TPSA) is 45.4 Å². The van der Waals surface area contributed by atoms with Gasteiger partial charge in [-0.05, 0) is 24.7 Å². The maximum atomic E-state index is 6.06. The fraction of sp³-hybridized carbons (Fsp3) is 0.312. The third-order valence-corrected chi connectivity index (χ3v) is 3.89. The number of hydrogen-bond donors (Lipinski definition) is 1. The average molecular weight is 268 g/mol. The van der Waals surface area contributed by atoms with Gasteiger partial charge in [-0.2, -0.15) is 0 Å². The third kappa shape index (κ3) is 2.47. The first kappa shape index (κ1) is 12.9. The summed E-state index contributed by atoms with van der Waals surface area (Å²) in [5, 5.41) is 0. The van der Waals surface area contributed by atoms with Crippen molar-refractivity contribution in [2.75, 3.05) is 37.3 Å². The van der Waals surface area contributed by atoms with E-state index in [9.17, 15) is 0 Å². The van der Waals surface area contributed by atoms with E-state index in [1.807, 2.05) is 6.07 Å². The van der Waals surface area contributed by atoms with E-state index in [-0.39, 0.29) is 0 Å². The van der Waals surface area contributed by atoms with Crippen LogP contribution in [-0.4, -0.2) is 36.6 Å². The number of nitrogen functional groups attached to an aromatic ring is 1. The van der Waals surface area contributed by atoms with Gasteiger partial charge < -0.3 is 15.5 Å². The summed E-state index contributed by atoms with van der Waals surface area (Å²) in [7, 11) is 2.17. The van der Waals surface area contributed by atoms with Gasteiger partial charge in [0.2, 0.25) is 0 Å². The van der Waals surface area contributed by atoms with Gasteiger partial charge in [0.15, 0.2) is 0 Å². The van der Waals surface area contributed by atoms with Crippen LogP contribution in [0.1, 0.15) is 11.6 Å². The normalized spacial score (nSPS) is 20.1. The summed E-state index contributed by atoms with van der Waals surface area (Å²) in [5.41, 5.74) is 8.42. The van der Waals surface area contributed by atoms with E-state index < -0.39 is 0 Å². The molecule has 1 aliphatic rings. The molecule has 0 amide bonds. The van der Waals surface area contributed by atoms with Crippen LogP contribution < -0.4 is 10.6 Å². The fourth-order valence-corrected chi connectivity index (χ4v) is 2.82. The highest BCUT2D eigenvalue weighted by Gasteiger charge is 2.27. The van der Waals surface area contributed by atoms with Crippen molar-refractivity contribution in [3.05, 3.63) is 54.2 Å². The highest BCUT2D eigenvalue weighted by atomic mass is 15.3. The van der Waals surface area contributed by atoms with Gasteiger partial charge in [-0.25, -0.2) is 4.98 Å². The van der Waals surface area contributed by atoms with Crippen LogP contribution in [0.25, 0.3) is 0 Å². The number of pyridine rings is 1. The molecule has 2 N–H and O–H groups in total. The number of hydrogen-bond acceptors (Lipinski definition) is 4. The molecule has 1 aromatic heterocycles. The molecule has 1 saturated heterocycles. The van der Waals surface area contributed by atoms with Gasteiger partial charge in [-0.1, -0.05) is 30.3 Å². The molecule has 1 unspecified atom stereocenters. The number of nitrogens with two attached hydrogens (primary N) is 1. The van der Waals surface area contributed by atoms with Crippen LogP contribution in [0, 0.1) is 0 Å². The second-order valence-electron chi connectivity index (χ2n) is 5.29. The Balaban J connectivity index is 1.97. The van der Waals surface area contributed by atoms with Crippen molar-refractivity contribution in [2.45, 2.75) is 6.04 Å². The van der Waals surface area contributed by atoms with Crippen LogP contribution in [0.4, 0.5) is 11.5 Å². The predicted molar refractivity (Wildman–Crippen MR) is 82.7 cm³/mol. The molecule has 1 aromatic carbocycles. The Morgan fingerprint density at radius 3 is 2.65 bits per heavy atom. The molecule has 2 aromatic rings. The number of nitrogens with zero attached hydrogens (tertiary/aromatic N) is 3. The number of anilines is 2. The smallest absolute Gasteiger partial charge is 0.146 e. The minimum Gasteiger partial charge on any atom is -0.382 e. The van der Waals surface area contributed by atoms with Crippen molar-refractivity contribution in [1.82, 2.24) is 9.88 Å². The molecule has 1 atom stereocenters. The first-order valence-corrected chi connectivity index (χ1v) is 6.96. The molecule has 4 heteroatoms. The molecule has 0 bridgehead atoms. The molecule has 0 aliphatic carbocycles. The van der Waals surface area contributed by atoms with Crippen molar-refractivity contribution in [3.8, 4) is 0 Å². The van der Waals surface area contributed by atoms with Crippen LogP contribution >= 0.6 is 0 Å². The third-order valence-electron chi connectivity index (χ3n) is 3.89. The number of aromatic nitrogens is 1. The number of rotatable bonds is 2. The van der Waals surface area contributed by atoms with Gasteiger partial charge in [-0.3, -0.25) is 0 Å². The van der Waals surface area contributed by atoms with Crippen molar-refractivity contribution in [2.24, 2.45) is 0 Å².